The van der Waals surface area contributed by atoms with Crippen molar-refractivity contribution in [3.8, 4) is 0 Å². The first-order valence-electron chi connectivity index (χ1n) is 8.98. The minimum Gasteiger partial charge on any atom is -0.324 e. The van der Waals surface area contributed by atoms with Gasteiger partial charge in [-0.25, -0.2) is 4.98 Å². The van der Waals surface area contributed by atoms with Crippen molar-refractivity contribution in [3.63, 3.8) is 0 Å². The highest BCUT2D eigenvalue weighted by atomic mass is 19.4. The lowest BCUT2D eigenvalue weighted by atomic mass is 10.0. The van der Waals surface area contributed by atoms with Crippen molar-refractivity contribution in [2.75, 3.05) is 5.32 Å². The number of nitrogens with one attached hydrogen (secondary N) is 1. The summed E-state index contributed by atoms with van der Waals surface area (Å²) in [5.41, 5.74) is 0.506. The quantitative estimate of drug-likeness (QED) is 0.698. The SMILES string of the molecule is Cc1cc(C)c(NC(=O)C(C)n2c(=O)c(C(F)(F)F)nc3ccccc32)c(C)c1. The second-order valence-corrected chi connectivity index (χ2v) is 7.06. The lowest BCUT2D eigenvalue weighted by Gasteiger charge is -2.20. The molecule has 0 radical (unpaired) electrons. The monoisotopic (exact) mass is 403 g/mol. The Balaban J connectivity index is 2.12. The number of hydrogen-bond donors (Lipinski definition) is 1. The molecule has 2 aromatic carbocycles. The van der Waals surface area contributed by atoms with Gasteiger partial charge in [-0.15, -0.1) is 0 Å². The lowest BCUT2D eigenvalue weighted by molar-refractivity contribution is -0.142. The first kappa shape index (κ1) is 20.6. The second kappa shape index (κ2) is 7.35. The summed E-state index contributed by atoms with van der Waals surface area (Å²) in [5.74, 6) is -0.591. The molecule has 0 aliphatic carbocycles. The molecule has 0 spiro atoms. The molecule has 0 fully saturated rings. The van der Waals surface area contributed by atoms with Gasteiger partial charge in [0.15, 0.2) is 0 Å². The summed E-state index contributed by atoms with van der Waals surface area (Å²) in [6, 6.07) is 8.54. The van der Waals surface area contributed by atoms with Crippen molar-refractivity contribution >= 4 is 22.6 Å². The highest BCUT2D eigenvalue weighted by Crippen LogP contribution is 2.28. The summed E-state index contributed by atoms with van der Waals surface area (Å²) < 4.78 is 40.9. The van der Waals surface area contributed by atoms with E-state index in [1.54, 1.807) is 6.07 Å². The molecule has 0 bridgehead atoms. The van der Waals surface area contributed by atoms with Crippen LogP contribution in [-0.2, 0) is 11.0 Å². The minimum atomic E-state index is -4.93. The van der Waals surface area contributed by atoms with Gasteiger partial charge >= 0.3 is 6.18 Å². The maximum Gasteiger partial charge on any atom is 0.438 e. The average molecular weight is 403 g/mol. The van der Waals surface area contributed by atoms with Crippen LogP contribution in [0.5, 0.6) is 0 Å². The fraction of sp³-hybridized carbons (Fsp3) is 0.286. The van der Waals surface area contributed by atoms with Crippen LogP contribution in [0.25, 0.3) is 11.0 Å². The van der Waals surface area contributed by atoms with E-state index in [4.69, 9.17) is 0 Å². The van der Waals surface area contributed by atoms with Crippen LogP contribution in [0, 0.1) is 20.8 Å². The van der Waals surface area contributed by atoms with E-state index in [9.17, 15) is 22.8 Å². The predicted molar refractivity (Wildman–Crippen MR) is 105 cm³/mol. The van der Waals surface area contributed by atoms with Crippen molar-refractivity contribution < 1.29 is 18.0 Å². The van der Waals surface area contributed by atoms with Crippen molar-refractivity contribution in [3.05, 3.63) is 69.1 Å². The standard InChI is InChI=1S/C21H20F3N3O2/c1-11-9-12(2)17(13(3)10-11)26-19(28)14(4)27-16-8-6-5-7-15(16)25-18(20(27)29)21(22,23)24/h5-10,14H,1-4H3,(H,26,28). The van der Waals surface area contributed by atoms with Crippen LogP contribution in [0.2, 0.25) is 0 Å². The van der Waals surface area contributed by atoms with E-state index in [2.05, 4.69) is 10.3 Å². The van der Waals surface area contributed by atoms with Gasteiger partial charge in [-0.2, -0.15) is 13.2 Å². The van der Waals surface area contributed by atoms with E-state index in [0.717, 1.165) is 21.3 Å². The number of hydrogen-bond acceptors (Lipinski definition) is 3. The minimum absolute atomic E-state index is 0.0122. The number of carbonyl (C=O) groups excluding carboxylic acids is 1. The third kappa shape index (κ3) is 3.87. The topological polar surface area (TPSA) is 64.0 Å². The number of para-hydroxylation sites is 2. The Morgan fingerprint density at radius 1 is 1.10 bits per heavy atom. The van der Waals surface area contributed by atoms with Crippen LogP contribution >= 0.6 is 0 Å². The van der Waals surface area contributed by atoms with Gasteiger partial charge in [-0.3, -0.25) is 14.2 Å². The lowest BCUT2D eigenvalue weighted by Crippen LogP contribution is -2.36. The molecule has 3 aromatic rings. The molecular formula is C21H20F3N3O2. The van der Waals surface area contributed by atoms with E-state index >= 15 is 0 Å². The third-order valence-electron chi connectivity index (χ3n) is 4.76. The van der Waals surface area contributed by atoms with Gasteiger partial charge < -0.3 is 5.32 Å². The van der Waals surface area contributed by atoms with E-state index in [1.807, 2.05) is 32.9 Å². The number of alkyl halides is 3. The number of amides is 1. The van der Waals surface area contributed by atoms with Crippen LogP contribution in [0.4, 0.5) is 18.9 Å². The highest BCUT2D eigenvalue weighted by molar-refractivity contribution is 5.95. The molecule has 5 nitrogen and oxygen atoms in total. The fourth-order valence-electron chi connectivity index (χ4n) is 3.45. The Morgan fingerprint density at radius 3 is 2.28 bits per heavy atom. The summed E-state index contributed by atoms with van der Waals surface area (Å²) in [4.78, 5) is 29.0. The van der Waals surface area contributed by atoms with Gasteiger partial charge in [0, 0.05) is 5.69 Å². The third-order valence-corrected chi connectivity index (χ3v) is 4.76. The molecule has 8 heteroatoms. The predicted octanol–water partition coefficient (Wildman–Crippen LogP) is 4.54. The zero-order valence-electron chi connectivity index (χ0n) is 16.4. The van der Waals surface area contributed by atoms with Crippen molar-refractivity contribution in [2.24, 2.45) is 0 Å². The van der Waals surface area contributed by atoms with Crippen LogP contribution in [0.1, 0.15) is 35.3 Å². The number of aromatic nitrogens is 2. The molecule has 1 N–H and O–H groups in total. The molecule has 1 atom stereocenters. The molecule has 0 saturated heterocycles. The van der Waals surface area contributed by atoms with Gasteiger partial charge in [0.1, 0.15) is 6.04 Å². The number of carbonyl (C=O) groups is 1. The average Bonchev–Trinajstić information content (AvgIpc) is 2.62. The fourth-order valence-corrected chi connectivity index (χ4v) is 3.45. The van der Waals surface area contributed by atoms with Gasteiger partial charge in [0.05, 0.1) is 11.0 Å². The van der Waals surface area contributed by atoms with Crippen LogP contribution in [0.3, 0.4) is 0 Å². The zero-order valence-corrected chi connectivity index (χ0v) is 16.4. The summed E-state index contributed by atoms with van der Waals surface area (Å²) >= 11 is 0. The molecule has 1 aromatic heterocycles. The van der Waals surface area contributed by atoms with E-state index < -0.39 is 29.4 Å². The number of halogens is 3. The highest BCUT2D eigenvalue weighted by Gasteiger charge is 2.38. The first-order chi connectivity index (χ1) is 13.5. The number of benzene rings is 2. The molecule has 1 amide bonds. The second-order valence-electron chi connectivity index (χ2n) is 7.06. The Labute approximate surface area is 165 Å². The molecule has 3 rings (SSSR count). The van der Waals surface area contributed by atoms with Crippen molar-refractivity contribution in [2.45, 2.75) is 39.9 Å². The smallest absolute Gasteiger partial charge is 0.324 e. The van der Waals surface area contributed by atoms with E-state index in [1.165, 1.54) is 25.1 Å². The number of fused-ring (bicyclic) bond motifs is 1. The Bertz CT molecular complexity index is 1140. The first-order valence-corrected chi connectivity index (χ1v) is 8.98. The summed E-state index contributed by atoms with van der Waals surface area (Å²) in [7, 11) is 0. The van der Waals surface area contributed by atoms with E-state index in [-0.39, 0.29) is 11.0 Å². The number of aryl methyl sites for hydroxylation is 3. The molecule has 29 heavy (non-hydrogen) atoms. The summed E-state index contributed by atoms with van der Waals surface area (Å²) in [5, 5.41) is 2.75. The largest absolute Gasteiger partial charge is 0.438 e. The molecule has 0 aliphatic heterocycles. The Kier molecular flexibility index (Phi) is 5.21. The molecule has 0 saturated carbocycles. The molecular weight excluding hydrogens is 383 g/mol. The zero-order chi connectivity index (χ0) is 21.5. The van der Waals surface area contributed by atoms with Gasteiger partial charge in [0.2, 0.25) is 11.6 Å². The van der Waals surface area contributed by atoms with Gasteiger partial charge in [-0.05, 0) is 51.0 Å². The van der Waals surface area contributed by atoms with Crippen LogP contribution in [-0.4, -0.2) is 15.5 Å². The summed E-state index contributed by atoms with van der Waals surface area (Å²) in [6.07, 6.45) is -4.93. The molecule has 1 heterocycles. The molecule has 0 aliphatic rings. The van der Waals surface area contributed by atoms with Crippen LogP contribution < -0.4 is 10.9 Å². The molecule has 1 unspecified atom stereocenters. The van der Waals surface area contributed by atoms with Crippen molar-refractivity contribution in [1.29, 1.82) is 0 Å². The van der Waals surface area contributed by atoms with Gasteiger partial charge in [-0.1, -0.05) is 29.8 Å². The molecule has 152 valence electrons. The normalized spacial score (nSPS) is 12.8. The van der Waals surface area contributed by atoms with Gasteiger partial charge in [0.25, 0.3) is 5.56 Å². The Morgan fingerprint density at radius 2 is 1.69 bits per heavy atom. The maximum atomic E-state index is 13.3. The Hall–Kier alpha value is -3.16. The number of anilines is 1. The maximum absolute atomic E-state index is 13.3. The van der Waals surface area contributed by atoms with Crippen LogP contribution in [0.15, 0.2) is 41.2 Å². The van der Waals surface area contributed by atoms with E-state index in [0.29, 0.717) is 5.69 Å². The summed E-state index contributed by atoms with van der Waals surface area (Å²) in [6.45, 7) is 6.98. The number of nitrogens with zero attached hydrogens (tertiary/aromatic N) is 2. The van der Waals surface area contributed by atoms with Crippen molar-refractivity contribution in [1.82, 2.24) is 9.55 Å². The number of rotatable bonds is 3.